The van der Waals surface area contributed by atoms with E-state index >= 15 is 0 Å². The van der Waals surface area contributed by atoms with Crippen LogP contribution >= 0.6 is 24.2 Å². The van der Waals surface area contributed by atoms with Gasteiger partial charge in [0.1, 0.15) is 0 Å². The third kappa shape index (κ3) is 1.89. The summed E-state index contributed by atoms with van der Waals surface area (Å²) in [5.74, 6) is 0.964. The van der Waals surface area contributed by atoms with E-state index in [0.717, 1.165) is 5.69 Å². The summed E-state index contributed by atoms with van der Waals surface area (Å²) in [6.07, 6.45) is 2.50. The van der Waals surface area contributed by atoms with Gasteiger partial charge in [-0.2, -0.15) is 0 Å². The highest BCUT2D eigenvalue weighted by Gasteiger charge is 2.24. The van der Waals surface area contributed by atoms with Crippen molar-refractivity contribution in [3.63, 3.8) is 0 Å². The summed E-state index contributed by atoms with van der Waals surface area (Å²) in [6, 6.07) is 6.00. The van der Waals surface area contributed by atoms with E-state index in [-0.39, 0.29) is 5.95 Å². The van der Waals surface area contributed by atoms with Gasteiger partial charge in [0, 0.05) is 0 Å². The van der Waals surface area contributed by atoms with Crippen LogP contribution < -0.4 is 5.73 Å². The van der Waals surface area contributed by atoms with Gasteiger partial charge in [-0.1, -0.05) is 17.7 Å². The van der Waals surface area contributed by atoms with Crippen molar-refractivity contribution in [3.05, 3.63) is 28.8 Å². The Morgan fingerprint density at radius 3 is 2.65 bits per heavy atom. The third-order valence-electron chi connectivity index (χ3n) is 2.93. The molecular weight excluding hydrogens is 256 g/mol. The molecule has 2 N–H and O–H groups in total. The molecule has 1 aromatic carbocycles. The van der Waals surface area contributed by atoms with Gasteiger partial charge in [0.25, 0.3) is 0 Å². The lowest BCUT2D eigenvalue weighted by molar-refractivity contribution is 0.892. The predicted octanol–water partition coefficient (Wildman–Crippen LogP) is 2.67. The van der Waals surface area contributed by atoms with E-state index in [0.29, 0.717) is 16.1 Å². The van der Waals surface area contributed by atoms with Crippen molar-refractivity contribution in [2.75, 3.05) is 5.73 Å². The number of hydrogen-bond acceptors (Lipinski definition) is 4. The summed E-state index contributed by atoms with van der Waals surface area (Å²) in [6.45, 7) is 0. The molecular formula is C11H11ClN4S. The number of hydrogen-bond donors (Lipinski definition) is 2. The maximum Gasteiger partial charge on any atom is 0.227 e. The highest BCUT2D eigenvalue weighted by Crippen LogP contribution is 2.41. The number of nitrogens with zero attached hydrogens (tertiary/aromatic N) is 3. The minimum absolute atomic E-state index is 0.288. The summed E-state index contributed by atoms with van der Waals surface area (Å²) in [5.41, 5.74) is 7.78. The van der Waals surface area contributed by atoms with Crippen molar-refractivity contribution in [3.8, 4) is 5.69 Å². The average Bonchev–Trinajstić information content (AvgIpc) is 3.08. The second-order valence-corrected chi connectivity index (χ2v) is 4.99. The second-order valence-electron chi connectivity index (χ2n) is 4.18. The van der Waals surface area contributed by atoms with E-state index in [2.05, 4.69) is 28.9 Å². The van der Waals surface area contributed by atoms with Gasteiger partial charge >= 0.3 is 0 Å². The second kappa shape index (κ2) is 3.92. The molecule has 1 aliphatic rings. The average molecular weight is 267 g/mol. The molecule has 0 saturated heterocycles. The SMILES string of the molecule is Nc1nnc(S)n1-c1ccc(C2CC2)cc1Cl. The zero-order valence-corrected chi connectivity index (χ0v) is 10.6. The Kier molecular flexibility index (Phi) is 2.52. The summed E-state index contributed by atoms with van der Waals surface area (Å²) in [4.78, 5) is 0. The van der Waals surface area contributed by atoms with Crippen LogP contribution in [0.3, 0.4) is 0 Å². The zero-order valence-electron chi connectivity index (χ0n) is 8.97. The molecule has 2 aromatic rings. The summed E-state index contributed by atoms with van der Waals surface area (Å²) >= 11 is 10.5. The number of aromatic nitrogens is 3. The highest BCUT2D eigenvalue weighted by molar-refractivity contribution is 7.80. The van der Waals surface area contributed by atoms with Crippen LogP contribution in [-0.2, 0) is 0 Å². The molecule has 17 heavy (non-hydrogen) atoms. The minimum Gasteiger partial charge on any atom is -0.368 e. The van der Waals surface area contributed by atoms with Gasteiger partial charge in [-0.3, -0.25) is 4.57 Å². The fourth-order valence-electron chi connectivity index (χ4n) is 1.89. The molecule has 0 radical (unpaired) electrons. The molecule has 1 saturated carbocycles. The number of rotatable bonds is 2. The molecule has 3 rings (SSSR count). The lowest BCUT2D eigenvalue weighted by Gasteiger charge is -2.09. The molecule has 0 aliphatic heterocycles. The topological polar surface area (TPSA) is 56.7 Å². The van der Waals surface area contributed by atoms with Gasteiger partial charge in [0.2, 0.25) is 5.95 Å². The Hall–Kier alpha value is -1.20. The Balaban J connectivity index is 2.09. The minimum atomic E-state index is 0.288. The molecule has 0 amide bonds. The first kappa shape index (κ1) is 10.9. The quantitative estimate of drug-likeness (QED) is 0.822. The molecule has 0 bridgehead atoms. The van der Waals surface area contributed by atoms with Crippen LogP contribution in [0.25, 0.3) is 5.69 Å². The first-order valence-corrected chi connectivity index (χ1v) is 6.19. The fourth-order valence-corrected chi connectivity index (χ4v) is 2.42. The van der Waals surface area contributed by atoms with Gasteiger partial charge in [0.15, 0.2) is 5.16 Å². The molecule has 0 unspecified atom stereocenters. The van der Waals surface area contributed by atoms with E-state index in [1.807, 2.05) is 12.1 Å². The smallest absolute Gasteiger partial charge is 0.227 e. The summed E-state index contributed by atoms with van der Waals surface area (Å²) in [5, 5.41) is 8.64. The fraction of sp³-hybridized carbons (Fsp3) is 0.273. The molecule has 1 heterocycles. The largest absolute Gasteiger partial charge is 0.368 e. The first-order chi connectivity index (χ1) is 8.16. The lowest BCUT2D eigenvalue weighted by atomic mass is 10.1. The van der Waals surface area contributed by atoms with E-state index in [1.54, 1.807) is 4.57 Å². The van der Waals surface area contributed by atoms with Crippen LogP contribution in [0.1, 0.15) is 24.3 Å². The van der Waals surface area contributed by atoms with Crippen molar-refractivity contribution in [1.82, 2.24) is 14.8 Å². The third-order valence-corrected chi connectivity index (χ3v) is 3.52. The van der Waals surface area contributed by atoms with E-state index in [9.17, 15) is 0 Å². The zero-order chi connectivity index (χ0) is 12.0. The Bertz CT molecular complexity index is 557. The summed E-state index contributed by atoms with van der Waals surface area (Å²) < 4.78 is 1.63. The normalized spacial score (nSPS) is 15.2. The number of benzene rings is 1. The van der Waals surface area contributed by atoms with Crippen LogP contribution in [0, 0.1) is 0 Å². The lowest BCUT2D eigenvalue weighted by Crippen LogP contribution is -2.02. The molecule has 6 heteroatoms. The van der Waals surface area contributed by atoms with Gasteiger partial charge in [-0.25, -0.2) is 0 Å². The Labute approximate surface area is 109 Å². The van der Waals surface area contributed by atoms with Gasteiger partial charge < -0.3 is 5.73 Å². The number of nitrogen functional groups attached to an aromatic ring is 1. The molecule has 0 spiro atoms. The molecule has 1 aliphatic carbocycles. The van der Waals surface area contributed by atoms with E-state index < -0.39 is 0 Å². The maximum atomic E-state index is 6.27. The van der Waals surface area contributed by atoms with Crippen LogP contribution in [0.2, 0.25) is 5.02 Å². The van der Waals surface area contributed by atoms with Crippen molar-refractivity contribution in [1.29, 1.82) is 0 Å². The van der Waals surface area contributed by atoms with Crippen LogP contribution in [0.4, 0.5) is 5.95 Å². The van der Waals surface area contributed by atoms with Crippen molar-refractivity contribution in [2.24, 2.45) is 0 Å². The number of thiol groups is 1. The van der Waals surface area contributed by atoms with Crippen molar-refractivity contribution in [2.45, 2.75) is 23.9 Å². The van der Waals surface area contributed by atoms with Crippen LogP contribution in [-0.4, -0.2) is 14.8 Å². The Morgan fingerprint density at radius 1 is 1.35 bits per heavy atom. The maximum absolute atomic E-state index is 6.27. The molecule has 4 nitrogen and oxygen atoms in total. The van der Waals surface area contributed by atoms with E-state index in [1.165, 1.54) is 18.4 Å². The van der Waals surface area contributed by atoms with Gasteiger partial charge in [0.05, 0.1) is 10.7 Å². The molecule has 0 atom stereocenters. The van der Waals surface area contributed by atoms with Gasteiger partial charge in [-0.15, -0.1) is 22.8 Å². The predicted molar refractivity (Wildman–Crippen MR) is 70.0 cm³/mol. The highest BCUT2D eigenvalue weighted by atomic mass is 35.5. The molecule has 88 valence electrons. The Morgan fingerprint density at radius 2 is 2.12 bits per heavy atom. The van der Waals surface area contributed by atoms with Crippen molar-refractivity contribution < 1.29 is 0 Å². The van der Waals surface area contributed by atoms with E-state index in [4.69, 9.17) is 17.3 Å². The van der Waals surface area contributed by atoms with Crippen LogP contribution in [0.5, 0.6) is 0 Å². The van der Waals surface area contributed by atoms with Crippen LogP contribution in [0.15, 0.2) is 23.4 Å². The molecule has 1 fully saturated rings. The van der Waals surface area contributed by atoms with Crippen molar-refractivity contribution >= 4 is 30.2 Å². The summed E-state index contributed by atoms with van der Waals surface area (Å²) in [7, 11) is 0. The number of anilines is 1. The number of halogens is 1. The number of nitrogens with two attached hydrogens (primary N) is 1. The molecule has 1 aromatic heterocycles. The first-order valence-electron chi connectivity index (χ1n) is 5.36. The monoisotopic (exact) mass is 266 g/mol. The standard InChI is InChI=1S/C11H11ClN4S/c12-8-5-7(6-1-2-6)3-4-9(8)16-10(13)14-15-11(16)17/h3-6H,1-2H2,(H2,13,14)(H,15,17). The van der Waals surface area contributed by atoms with Gasteiger partial charge in [-0.05, 0) is 36.5 Å².